The minimum Gasteiger partial charge on any atom is -0.318 e. The molecule has 0 N–H and O–H groups in total. The van der Waals surface area contributed by atoms with Crippen LogP contribution in [0.1, 0.15) is 37.4 Å². The smallest absolute Gasteiger partial charge is 0.131 e. The van der Waals surface area contributed by atoms with E-state index in [2.05, 4.69) is 9.55 Å². The summed E-state index contributed by atoms with van der Waals surface area (Å²) in [6, 6.07) is 0.610. The Balaban J connectivity index is 2.26. The maximum Gasteiger partial charge on any atom is 0.131 e. The van der Waals surface area contributed by atoms with Crippen molar-refractivity contribution in [2.45, 2.75) is 38.6 Å². The Kier molecular flexibility index (Phi) is 2.09. The van der Waals surface area contributed by atoms with Gasteiger partial charge in [-0.25, -0.2) is 4.98 Å². The monoisotopic (exact) mass is 184 g/mol. The maximum absolute atomic E-state index is 6.09. The van der Waals surface area contributed by atoms with Crippen LogP contribution >= 0.6 is 11.6 Å². The van der Waals surface area contributed by atoms with Crippen LogP contribution in [0.25, 0.3) is 0 Å². The molecule has 0 atom stereocenters. The van der Waals surface area contributed by atoms with E-state index in [0.29, 0.717) is 6.04 Å². The van der Waals surface area contributed by atoms with Crippen LogP contribution in [0.2, 0.25) is 5.15 Å². The summed E-state index contributed by atoms with van der Waals surface area (Å²) in [5, 5.41) is 0.821. The van der Waals surface area contributed by atoms with E-state index < -0.39 is 0 Å². The summed E-state index contributed by atoms with van der Waals surface area (Å²) in [5.74, 6) is 0. The average Bonchev–Trinajstić information content (AvgIpc) is 2.64. The molecule has 1 aromatic rings. The third-order valence-electron chi connectivity index (χ3n) is 2.62. The molecule has 0 amide bonds. The number of rotatable bonds is 1. The lowest BCUT2D eigenvalue weighted by atomic mass is 10.2. The summed E-state index contributed by atoms with van der Waals surface area (Å²) in [7, 11) is 0. The van der Waals surface area contributed by atoms with E-state index in [4.69, 9.17) is 11.6 Å². The fourth-order valence-electron chi connectivity index (χ4n) is 1.88. The summed E-state index contributed by atoms with van der Waals surface area (Å²) in [5.41, 5.74) is 0.948. The first kappa shape index (κ1) is 8.11. The first-order valence-corrected chi connectivity index (χ1v) is 4.86. The minimum absolute atomic E-state index is 0.610. The molecule has 3 heteroatoms. The van der Waals surface area contributed by atoms with Gasteiger partial charge in [0.25, 0.3) is 0 Å². The molecule has 1 aliphatic carbocycles. The molecule has 66 valence electrons. The Hall–Kier alpha value is -0.500. The van der Waals surface area contributed by atoms with Gasteiger partial charge in [0.05, 0.1) is 12.0 Å². The molecule has 12 heavy (non-hydrogen) atoms. The third kappa shape index (κ3) is 1.24. The summed E-state index contributed by atoms with van der Waals surface area (Å²) in [6.07, 6.45) is 7.05. The highest BCUT2D eigenvalue weighted by molar-refractivity contribution is 6.30. The van der Waals surface area contributed by atoms with Crippen molar-refractivity contribution in [2.75, 3.05) is 0 Å². The third-order valence-corrected chi connectivity index (χ3v) is 3.09. The van der Waals surface area contributed by atoms with Gasteiger partial charge >= 0.3 is 0 Å². The summed E-state index contributed by atoms with van der Waals surface area (Å²) < 4.78 is 2.11. The van der Waals surface area contributed by atoms with Crippen LogP contribution in [0.4, 0.5) is 0 Å². The fraction of sp³-hybridized carbons (Fsp3) is 0.667. The lowest BCUT2D eigenvalue weighted by molar-refractivity contribution is 0.518. The average molecular weight is 185 g/mol. The highest BCUT2D eigenvalue weighted by Gasteiger charge is 2.19. The van der Waals surface area contributed by atoms with Crippen molar-refractivity contribution in [3.63, 3.8) is 0 Å². The van der Waals surface area contributed by atoms with Crippen LogP contribution in [0, 0.1) is 6.92 Å². The van der Waals surface area contributed by atoms with Gasteiger partial charge in [-0.1, -0.05) is 24.4 Å². The van der Waals surface area contributed by atoms with Gasteiger partial charge in [-0.05, 0) is 19.8 Å². The van der Waals surface area contributed by atoms with Gasteiger partial charge in [-0.2, -0.15) is 0 Å². The van der Waals surface area contributed by atoms with E-state index in [1.165, 1.54) is 25.7 Å². The van der Waals surface area contributed by atoms with Crippen LogP contribution < -0.4 is 0 Å². The van der Waals surface area contributed by atoms with Crippen LogP contribution in [-0.4, -0.2) is 9.55 Å². The van der Waals surface area contributed by atoms with Crippen molar-refractivity contribution in [1.29, 1.82) is 0 Å². The minimum atomic E-state index is 0.610. The van der Waals surface area contributed by atoms with Crippen LogP contribution in [0.15, 0.2) is 6.33 Å². The number of imidazole rings is 1. The second-order valence-electron chi connectivity index (χ2n) is 3.47. The van der Waals surface area contributed by atoms with Crippen molar-refractivity contribution in [3.8, 4) is 0 Å². The largest absolute Gasteiger partial charge is 0.318 e. The molecule has 0 unspecified atom stereocenters. The van der Waals surface area contributed by atoms with Gasteiger partial charge in [0.15, 0.2) is 0 Å². The highest BCUT2D eigenvalue weighted by Crippen LogP contribution is 2.32. The van der Waals surface area contributed by atoms with Crippen molar-refractivity contribution in [1.82, 2.24) is 9.55 Å². The first-order valence-electron chi connectivity index (χ1n) is 4.48. The second kappa shape index (κ2) is 3.09. The predicted molar refractivity (Wildman–Crippen MR) is 49.5 cm³/mol. The van der Waals surface area contributed by atoms with Crippen molar-refractivity contribution in [3.05, 3.63) is 17.2 Å². The molecule has 1 saturated carbocycles. The maximum atomic E-state index is 6.09. The number of aryl methyl sites for hydroxylation is 1. The fourth-order valence-corrected chi connectivity index (χ4v) is 2.11. The second-order valence-corrected chi connectivity index (χ2v) is 3.82. The number of halogens is 1. The Morgan fingerprint density at radius 3 is 2.67 bits per heavy atom. The molecule has 0 bridgehead atoms. The van der Waals surface area contributed by atoms with Gasteiger partial charge in [-0.15, -0.1) is 0 Å². The molecule has 2 nitrogen and oxygen atoms in total. The molecule has 0 radical (unpaired) electrons. The van der Waals surface area contributed by atoms with Crippen LogP contribution in [0.5, 0.6) is 0 Å². The zero-order valence-electron chi connectivity index (χ0n) is 7.26. The van der Waals surface area contributed by atoms with Gasteiger partial charge < -0.3 is 4.57 Å². The standard InChI is InChI=1S/C9H13ClN2/c1-7-9(10)12(6-11-7)8-4-2-3-5-8/h6,8H,2-5H2,1H3. The highest BCUT2D eigenvalue weighted by atomic mass is 35.5. The van der Waals surface area contributed by atoms with Crippen molar-refractivity contribution >= 4 is 11.6 Å². The van der Waals surface area contributed by atoms with Gasteiger partial charge in [-0.3, -0.25) is 0 Å². The first-order chi connectivity index (χ1) is 5.79. The van der Waals surface area contributed by atoms with E-state index in [0.717, 1.165) is 10.8 Å². The van der Waals surface area contributed by atoms with Crippen molar-refractivity contribution in [2.24, 2.45) is 0 Å². The lowest BCUT2D eigenvalue weighted by Gasteiger charge is -2.11. The van der Waals surface area contributed by atoms with E-state index in [9.17, 15) is 0 Å². The Labute approximate surface area is 77.6 Å². The van der Waals surface area contributed by atoms with Gasteiger partial charge in [0.2, 0.25) is 0 Å². The lowest BCUT2D eigenvalue weighted by Crippen LogP contribution is -2.02. The van der Waals surface area contributed by atoms with E-state index in [-0.39, 0.29) is 0 Å². The topological polar surface area (TPSA) is 17.8 Å². The van der Waals surface area contributed by atoms with E-state index >= 15 is 0 Å². The molecule has 0 saturated heterocycles. The summed E-state index contributed by atoms with van der Waals surface area (Å²) in [6.45, 7) is 1.95. The molecule has 1 fully saturated rings. The number of nitrogens with zero attached hydrogens (tertiary/aromatic N) is 2. The molecule has 1 heterocycles. The number of hydrogen-bond donors (Lipinski definition) is 0. The Morgan fingerprint density at radius 1 is 1.50 bits per heavy atom. The number of hydrogen-bond acceptors (Lipinski definition) is 1. The molecule has 0 aliphatic heterocycles. The zero-order valence-corrected chi connectivity index (χ0v) is 8.01. The molecule has 1 aliphatic rings. The number of aromatic nitrogens is 2. The van der Waals surface area contributed by atoms with Crippen LogP contribution in [-0.2, 0) is 0 Å². The molecular formula is C9H13ClN2. The zero-order chi connectivity index (χ0) is 8.55. The Bertz CT molecular complexity index is 274. The van der Waals surface area contributed by atoms with E-state index in [1.807, 2.05) is 13.3 Å². The molecular weight excluding hydrogens is 172 g/mol. The van der Waals surface area contributed by atoms with Crippen LogP contribution in [0.3, 0.4) is 0 Å². The molecule has 0 spiro atoms. The summed E-state index contributed by atoms with van der Waals surface area (Å²) >= 11 is 6.09. The SMILES string of the molecule is Cc1ncn(C2CCCC2)c1Cl. The van der Waals surface area contributed by atoms with Crippen molar-refractivity contribution < 1.29 is 0 Å². The summed E-state index contributed by atoms with van der Waals surface area (Å²) in [4.78, 5) is 4.19. The van der Waals surface area contributed by atoms with Gasteiger partial charge in [0.1, 0.15) is 5.15 Å². The van der Waals surface area contributed by atoms with E-state index in [1.54, 1.807) is 0 Å². The van der Waals surface area contributed by atoms with Gasteiger partial charge in [0, 0.05) is 6.04 Å². The molecule has 0 aromatic carbocycles. The quantitative estimate of drug-likeness (QED) is 0.656. The normalized spacial score (nSPS) is 18.8. The predicted octanol–water partition coefficient (Wildman–Crippen LogP) is 2.96. The molecule has 1 aromatic heterocycles. The Morgan fingerprint density at radius 2 is 2.17 bits per heavy atom. The molecule has 2 rings (SSSR count).